The minimum Gasteiger partial charge on any atom is -0.338 e. The van der Waals surface area contributed by atoms with Gasteiger partial charge in [0.2, 0.25) is 5.91 Å². The van der Waals surface area contributed by atoms with E-state index in [1.807, 2.05) is 7.05 Å². The van der Waals surface area contributed by atoms with Gasteiger partial charge in [0.25, 0.3) is 10.2 Å². The summed E-state index contributed by atoms with van der Waals surface area (Å²) in [5, 5.41) is 0. The van der Waals surface area contributed by atoms with E-state index in [4.69, 9.17) is 5.73 Å². The molecule has 0 atom stereocenters. The first-order valence-corrected chi connectivity index (χ1v) is 10.2. The van der Waals surface area contributed by atoms with Crippen LogP contribution in [0.2, 0.25) is 0 Å². The van der Waals surface area contributed by atoms with Gasteiger partial charge in [-0.1, -0.05) is 12.8 Å². The van der Waals surface area contributed by atoms with Crippen LogP contribution in [-0.2, 0) is 15.0 Å². The van der Waals surface area contributed by atoms with Crippen LogP contribution in [0.1, 0.15) is 25.7 Å². The zero-order chi connectivity index (χ0) is 17.4. The molecule has 1 amide bonds. The highest BCUT2D eigenvalue weighted by molar-refractivity contribution is 7.86. The molecule has 8 nitrogen and oxygen atoms in total. The number of hydrogen-bond acceptors (Lipinski definition) is 5. The molecule has 2 N–H and O–H groups in total. The molecule has 1 saturated carbocycles. The summed E-state index contributed by atoms with van der Waals surface area (Å²) < 4.78 is 28.6. The summed E-state index contributed by atoms with van der Waals surface area (Å²) in [5.74, 6) is -0.00311. The van der Waals surface area contributed by atoms with E-state index in [0.717, 1.165) is 38.8 Å². The van der Waals surface area contributed by atoms with Gasteiger partial charge >= 0.3 is 0 Å². The SMILES string of the molecule is CN1CCN(S(=O)(=O)N2CCN(C(=O)C3(N)CCCC3)CC2)CC1.Cl. The molecular weight excluding hydrogens is 366 g/mol. The van der Waals surface area contributed by atoms with Crippen LogP contribution in [0.25, 0.3) is 0 Å². The largest absolute Gasteiger partial charge is 0.338 e. The second-order valence-electron chi connectivity index (χ2n) is 7.26. The summed E-state index contributed by atoms with van der Waals surface area (Å²) in [6, 6.07) is 0. The molecule has 0 aromatic carbocycles. The van der Waals surface area contributed by atoms with Gasteiger partial charge in [0.15, 0.2) is 0 Å². The zero-order valence-corrected chi connectivity index (χ0v) is 16.5. The van der Waals surface area contributed by atoms with E-state index in [-0.39, 0.29) is 18.3 Å². The van der Waals surface area contributed by atoms with Gasteiger partial charge in [-0.05, 0) is 19.9 Å². The maximum absolute atomic E-state index is 12.7. The molecule has 10 heteroatoms. The number of halogens is 1. The molecule has 1 aliphatic carbocycles. The Labute approximate surface area is 156 Å². The Balaban J connectivity index is 0.00000225. The summed E-state index contributed by atoms with van der Waals surface area (Å²) in [6.07, 6.45) is 3.48. The lowest BCUT2D eigenvalue weighted by Crippen LogP contribution is -2.61. The van der Waals surface area contributed by atoms with Gasteiger partial charge < -0.3 is 15.5 Å². The molecule has 2 heterocycles. The molecule has 2 saturated heterocycles. The number of carbonyl (C=O) groups is 1. The standard InChI is InChI=1S/C15H29N5O3S.ClH/c1-17-6-10-19(11-7-17)24(22,23)20-12-8-18(9-13-20)14(21)15(16)4-2-3-5-15;/h2-13,16H2,1H3;1H. The van der Waals surface area contributed by atoms with Crippen LogP contribution in [0, 0.1) is 0 Å². The zero-order valence-electron chi connectivity index (χ0n) is 14.9. The predicted molar refractivity (Wildman–Crippen MR) is 98.8 cm³/mol. The van der Waals surface area contributed by atoms with E-state index in [9.17, 15) is 13.2 Å². The van der Waals surface area contributed by atoms with Crippen LogP contribution in [0.15, 0.2) is 0 Å². The molecule has 2 aliphatic heterocycles. The Morgan fingerprint density at radius 1 is 0.880 bits per heavy atom. The van der Waals surface area contributed by atoms with E-state index in [2.05, 4.69) is 4.90 Å². The number of carbonyl (C=O) groups excluding carboxylic acids is 1. The van der Waals surface area contributed by atoms with Crippen molar-refractivity contribution in [3.63, 3.8) is 0 Å². The van der Waals surface area contributed by atoms with Crippen molar-refractivity contribution in [2.45, 2.75) is 31.2 Å². The van der Waals surface area contributed by atoms with Crippen LogP contribution in [-0.4, -0.2) is 97.7 Å². The van der Waals surface area contributed by atoms with Gasteiger partial charge in [0.1, 0.15) is 0 Å². The highest BCUT2D eigenvalue weighted by Crippen LogP contribution is 2.29. The van der Waals surface area contributed by atoms with Gasteiger partial charge in [-0.3, -0.25) is 4.79 Å². The predicted octanol–water partition coefficient (Wildman–Crippen LogP) is -0.684. The number of hydrogen-bond donors (Lipinski definition) is 1. The molecule has 25 heavy (non-hydrogen) atoms. The summed E-state index contributed by atoms with van der Waals surface area (Å²) >= 11 is 0. The second-order valence-corrected chi connectivity index (χ2v) is 9.19. The first-order chi connectivity index (χ1) is 11.3. The van der Waals surface area contributed by atoms with Gasteiger partial charge in [-0.25, -0.2) is 0 Å². The van der Waals surface area contributed by atoms with Crippen molar-refractivity contribution < 1.29 is 13.2 Å². The van der Waals surface area contributed by atoms with Crippen molar-refractivity contribution in [2.75, 3.05) is 59.4 Å². The molecule has 0 aromatic rings. The van der Waals surface area contributed by atoms with Crippen molar-refractivity contribution >= 4 is 28.5 Å². The number of piperazine rings is 2. The Kier molecular flexibility index (Phi) is 6.72. The fraction of sp³-hybridized carbons (Fsp3) is 0.933. The minimum atomic E-state index is -3.42. The van der Waals surface area contributed by atoms with Gasteiger partial charge in [-0.15, -0.1) is 12.4 Å². The second kappa shape index (κ2) is 8.06. The molecule has 3 fully saturated rings. The van der Waals surface area contributed by atoms with E-state index in [1.165, 1.54) is 4.31 Å². The third-order valence-corrected chi connectivity index (χ3v) is 7.60. The third-order valence-electron chi connectivity index (χ3n) is 5.56. The topological polar surface area (TPSA) is 90.2 Å². The van der Waals surface area contributed by atoms with Crippen molar-refractivity contribution in [3.05, 3.63) is 0 Å². The van der Waals surface area contributed by atoms with Crippen molar-refractivity contribution in [1.29, 1.82) is 0 Å². The van der Waals surface area contributed by atoms with Crippen LogP contribution in [0.3, 0.4) is 0 Å². The Morgan fingerprint density at radius 2 is 1.32 bits per heavy atom. The maximum Gasteiger partial charge on any atom is 0.282 e. The molecular formula is C15H30ClN5O3S. The minimum absolute atomic E-state index is 0. The number of likely N-dealkylation sites (N-methyl/N-ethyl adjacent to an activating group) is 1. The van der Waals surface area contributed by atoms with E-state index < -0.39 is 15.7 Å². The average molecular weight is 396 g/mol. The van der Waals surface area contributed by atoms with E-state index in [0.29, 0.717) is 39.3 Å². The monoisotopic (exact) mass is 395 g/mol. The first-order valence-electron chi connectivity index (χ1n) is 8.85. The van der Waals surface area contributed by atoms with Crippen molar-refractivity contribution in [3.8, 4) is 0 Å². The summed E-state index contributed by atoms with van der Waals surface area (Å²) in [5.41, 5.74) is 5.52. The van der Waals surface area contributed by atoms with Crippen molar-refractivity contribution in [1.82, 2.24) is 18.4 Å². The number of rotatable bonds is 3. The molecule has 3 rings (SSSR count). The average Bonchev–Trinajstić information content (AvgIpc) is 3.03. The molecule has 0 radical (unpaired) electrons. The number of nitrogens with zero attached hydrogens (tertiary/aromatic N) is 4. The molecule has 0 bridgehead atoms. The number of amides is 1. The highest BCUT2D eigenvalue weighted by Gasteiger charge is 2.42. The van der Waals surface area contributed by atoms with Gasteiger partial charge in [0.05, 0.1) is 5.54 Å². The van der Waals surface area contributed by atoms with Gasteiger partial charge in [0, 0.05) is 52.4 Å². The fourth-order valence-corrected chi connectivity index (χ4v) is 5.41. The first kappa shape index (κ1) is 20.9. The summed E-state index contributed by atoms with van der Waals surface area (Å²) in [6.45, 7) is 4.16. The summed E-state index contributed by atoms with van der Waals surface area (Å²) in [4.78, 5) is 16.5. The van der Waals surface area contributed by atoms with Crippen LogP contribution >= 0.6 is 12.4 Å². The molecule has 0 spiro atoms. The third kappa shape index (κ3) is 4.28. The summed E-state index contributed by atoms with van der Waals surface area (Å²) in [7, 11) is -1.42. The molecule has 0 aromatic heterocycles. The lowest BCUT2D eigenvalue weighted by Gasteiger charge is -2.40. The normalized spacial score (nSPS) is 26.4. The lowest BCUT2D eigenvalue weighted by atomic mass is 9.97. The fourth-order valence-electron chi connectivity index (χ4n) is 3.84. The molecule has 0 unspecified atom stereocenters. The molecule has 3 aliphatic rings. The van der Waals surface area contributed by atoms with Gasteiger partial charge in [-0.2, -0.15) is 17.0 Å². The maximum atomic E-state index is 12.7. The Bertz CT molecular complexity index is 566. The van der Waals surface area contributed by atoms with Crippen LogP contribution in [0.4, 0.5) is 0 Å². The van der Waals surface area contributed by atoms with E-state index in [1.54, 1.807) is 9.21 Å². The van der Waals surface area contributed by atoms with Crippen molar-refractivity contribution in [2.24, 2.45) is 5.73 Å². The van der Waals surface area contributed by atoms with Crippen LogP contribution < -0.4 is 5.73 Å². The Morgan fingerprint density at radius 3 is 1.80 bits per heavy atom. The Hall–Kier alpha value is -0.450. The smallest absolute Gasteiger partial charge is 0.282 e. The highest BCUT2D eigenvalue weighted by atomic mass is 35.5. The quantitative estimate of drug-likeness (QED) is 0.683. The van der Waals surface area contributed by atoms with Crippen LogP contribution in [0.5, 0.6) is 0 Å². The lowest BCUT2D eigenvalue weighted by molar-refractivity contribution is -0.138. The molecule has 146 valence electrons. The van der Waals surface area contributed by atoms with E-state index >= 15 is 0 Å². The number of nitrogens with two attached hydrogens (primary N) is 1.